The highest BCUT2D eigenvalue weighted by Gasteiger charge is 2.60. The van der Waals surface area contributed by atoms with Gasteiger partial charge in [-0.15, -0.1) is 0 Å². The lowest BCUT2D eigenvalue weighted by Gasteiger charge is -2.35. The maximum Gasteiger partial charge on any atom is 0.314 e. The average molecular weight is 396 g/mol. The van der Waals surface area contributed by atoms with Gasteiger partial charge >= 0.3 is 5.97 Å². The lowest BCUT2D eigenvalue weighted by molar-refractivity contribution is -0.157. The molecule has 1 aromatic heterocycles. The molecule has 6 nitrogen and oxygen atoms in total. The van der Waals surface area contributed by atoms with Crippen molar-refractivity contribution < 1.29 is 14.3 Å². The van der Waals surface area contributed by atoms with Gasteiger partial charge < -0.3 is 14.5 Å². The molecule has 0 radical (unpaired) electrons. The van der Waals surface area contributed by atoms with Crippen LogP contribution in [0, 0.1) is 5.41 Å². The van der Waals surface area contributed by atoms with Gasteiger partial charge in [-0.2, -0.15) is 0 Å². The quantitative estimate of drug-likeness (QED) is 0.729. The molecule has 6 heteroatoms. The Morgan fingerprint density at radius 2 is 2.07 bits per heavy atom. The molecule has 2 fully saturated rings. The van der Waals surface area contributed by atoms with E-state index in [1.165, 1.54) is 7.11 Å². The van der Waals surface area contributed by atoms with Crippen molar-refractivity contribution in [3.8, 4) is 5.75 Å². The molecule has 0 unspecified atom stereocenters. The van der Waals surface area contributed by atoms with Gasteiger partial charge in [-0.25, -0.2) is 0 Å². The summed E-state index contributed by atoms with van der Waals surface area (Å²) in [5.41, 5.74) is 1.33. The molecule has 4 rings (SSSR count). The first-order valence-corrected chi connectivity index (χ1v) is 10.3. The third kappa shape index (κ3) is 3.57. The van der Waals surface area contributed by atoms with Gasteiger partial charge in [0.1, 0.15) is 0 Å². The van der Waals surface area contributed by atoms with Crippen LogP contribution in [0.15, 0.2) is 47.4 Å². The van der Waals surface area contributed by atoms with Crippen LogP contribution in [0.25, 0.3) is 0 Å². The number of fused-ring (bicyclic) bond motifs is 2. The molecular formula is C23H28N2O4. The highest BCUT2D eigenvalue weighted by molar-refractivity contribution is 5.79. The topological polar surface area (TPSA) is 71.6 Å². The highest BCUT2D eigenvalue weighted by atomic mass is 16.5. The summed E-state index contributed by atoms with van der Waals surface area (Å²) < 4.78 is 10.6. The number of hydrogen-bond acceptors (Lipinski definition) is 5. The number of hydrogen-bond donors (Lipinski definition) is 1. The van der Waals surface area contributed by atoms with Gasteiger partial charge in [0.05, 0.1) is 19.1 Å². The zero-order chi connectivity index (χ0) is 20.4. The van der Waals surface area contributed by atoms with Gasteiger partial charge in [0.15, 0.2) is 5.75 Å². The summed E-state index contributed by atoms with van der Waals surface area (Å²) in [6.45, 7) is 2.87. The zero-order valence-electron chi connectivity index (χ0n) is 17.0. The number of carbonyl (C=O) groups excluding carboxylic acids is 1. The van der Waals surface area contributed by atoms with Crippen LogP contribution >= 0.6 is 0 Å². The summed E-state index contributed by atoms with van der Waals surface area (Å²) >= 11 is 0. The molecular weight excluding hydrogens is 368 g/mol. The number of H-pyrrole nitrogens is 1. The molecule has 0 amide bonds. The number of esters is 1. The summed E-state index contributed by atoms with van der Waals surface area (Å²) in [4.78, 5) is 30.9. The van der Waals surface area contributed by atoms with Crippen molar-refractivity contribution >= 4 is 5.97 Å². The standard InChI is InChI=1S/C23H28N2O4/c1-3-29-22(27)23(12-16-7-5-4-6-8-16)13-18-9-10-21(23)25(18)15-17-11-19(26)20(28-2)14-24-17/h4-8,11,14,18,21H,3,9-10,12-13,15H2,1-2H3,(H,24,26)/t18-,21+,23+/m1/s1. The van der Waals surface area contributed by atoms with Gasteiger partial charge in [0.2, 0.25) is 5.43 Å². The number of methoxy groups -OCH3 is 1. The molecule has 2 aliphatic heterocycles. The second kappa shape index (κ2) is 8.03. The van der Waals surface area contributed by atoms with E-state index < -0.39 is 5.41 Å². The van der Waals surface area contributed by atoms with Crippen LogP contribution in [-0.4, -0.2) is 41.7 Å². The van der Waals surface area contributed by atoms with Crippen LogP contribution in [-0.2, 0) is 22.5 Å². The fraction of sp³-hybridized carbons (Fsp3) is 0.478. The molecule has 2 bridgehead atoms. The third-order valence-corrected chi connectivity index (χ3v) is 6.43. The molecule has 3 heterocycles. The molecule has 1 aromatic carbocycles. The van der Waals surface area contributed by atoms with E-state index in [0.29, 0.717) is 31.4 Å². The van der Waals surface area contributed by atoms with Crippen molar-refractivity contribution in [3.63, 3.8) is 0 Å². The van der Waals surface area contributed by atoms with Crippen LogP contribution < -0.4 is 10.2 Å². The number of benzene rings is 1. The average Bonchev–Trinajstić information content (AvgIpc) is 3.24. The Morgan fingerprint density at radius 3 is 2.76 bits per heavy atom. The molecule has 0 spiro atoms. The van der Waals surface area contributed by atoms with Crippen molar-refractivity contribution in [2.45, 2.75) is 51.2 Å². The van der Waals surface area contributed by atoms with E-state index in [4.69, 9.17) is 9.47 Å². The normalized spacial score (nSPS) is 25.9. The molecule has 0 saturated carbocycles. The first-order valence-electron chi connectivity index (χ1n) is 10.3. The number of nitrogens with one attached hydrogen (secondary N) is 1. The highest BCUT2D eigenvalue weighted by Crippen LogP contribution is 2.52. The smallest absolute Gasteiger partial charge is 0.314 e. The minimum absolute atomic E-state index is 0.0933. The first-order chi connectivity index (χ1) is 14.1. The van der Waals surface area contributed by atoms with E-state index in [0.717, 1.165) is 30.5 Å². The van der Waals surface area contributed by atoms with Crippen molar-refractivity contribution in [1.82, 2.24) is 9.88 Å². The van der Waals surface area contributed by atoms with E-state index in [1.807, 2.05) is 25.1 Å². The summed E-state index contributed by atoms with van der Waals surface area (Å²) in [7, 11) is 1.49. The van der Waals surface area contributed by atoms with Gasteiger partial charge in [-0.1, -0.05) is 30.3 Å². The van der Waals surface area contributed by atoms with Gasteiger partial charge in [-0.05, 0) is 38.2 Å². The van der Waals surface area contributed by atoms with E-state index in [9.17, 15) is 9.59 Å². The molecule has 1 N–H and O–H groups in total. The lowest BCUT2D eigenvalue weighted by atomic mass is 9.70. The minimum Gasteiger partial charge on any atom is -0.491 e. The number of aromatic nitrogens is 1. The maximum atomic E-state index is 13.2. The number of ether oxygens (including phenoxy) is 2. The summed E-state index contributed by atoms with van der Waals surface area (Å²) in [5.74, 6) is 0.215. The molecule has 2 saturated heterocycles. The lowest BCUT2D eigenvalue weighted by Crippen LogP contribution is -2.46. The van der Waals surface area contributed by atoms with Crippen LogP contribution in [0.1, 0.15) is 37.4 Å². The maximum absolute atomic E-state index is 13.2. The molecule has 3 atom stereocenters. The number of aromatic amines is 1. The van der Waals surface area contributed by atoms with Crippen LogP contribution in [0.3, 0.4) is 0 Å². The number of nitrogens with zero attached hydrogens (tertiary/aromatic N) is 1. The van der Waals surface area contributed by atoms with Crippen molar-refractivity contribution in [2.24, 2.45) is 5.41 Å². The molecule has 2 aromatic rings. The minimum atomic E-state index is -0.535. The number of rotatable bonds is 7. The molecule has 29 heavy (non-hydrogen) atoms. The number of carbonyl (C=O) groups is 1. The van der Waals surface area contributed by atoms with Gasteiger partial charge in [-0.3, -0.25) is 14.5 Å². The zero-order valence-corrected chi connectivity index (χ0v) is 17.0. The first kappa shape index (κ1) is 19.7. The Kier molecular flexibility index (Phi) is 5.46. The van der Waals surface area contributed by atoms with E-state index >= 15 is 0 Å². The third-order valence-electron chi connectivity index (χ3n) is 6.43. The van der Waals surface area contributed by atoms with E-state index in [2.05, 4.69) is 22.0 Å². The van der Waals surface area contributed by atoms with Crippen LogP contribution in [0.4, 0.5) is 0 Å². The largest absolute Gasteiger partial charge is 0.491 e. The summed E-state index contributed by atoms with van der Waals surface area (Å²) in [6.07, 6.45) is 5.13. The summed E-state index contributed by atoms with van der Waals surface area (Å²) in [6, 6.07) is 12.2. The van der Waals surface area contributed by atoms with E-state index in [-0.39, 0.29) is 17.4 Å². The predicted molar refractivity (Wildman–Crippen MR) is 110 cm³/mol. The SMILES string of the molecule is CCOC(=O)[C@@]1(Cc2ccccc2)C[C@H]2CC[C@@H]1N2Cc1cc(=O)c(OC)c[nH]1. The Morgan fingerprint density at radius 1 is 1.28 bits per heavy atom. The molecule has 2 aliphatic rings. The fourth-order valence-electron chi connectivity index (χ4n) is 5.21. The monoisotopic (exact) mass is 396 g/mol. The number of pyridine rings is 1. The second-order valence-electron chi connectivity index (χ2n) is 8.05. The molecule has 0 aliphatic carbocycles. The summed E-state index contributed by atoms with van der Waals surface area (Å²) in [5, 5.41) is 0. The Hall–Kier alpha value is -2.60. The predicted octanol–water partition coefficient (Wildman–Crippen LogP) is 2.91. The second-order valence-corrected chi connectivity index (χ2v) is 8.05. The fourth-order valence-corrected chi connectivity index (χ4v) is 5.21. The van der Waals surface area contributed by atoms with Crippen LogP contribution in [0.5, 0.6) is 5.75 Å². The van der Waals surface area contributed by atoms with Crippen molar-refractivity contribution in [3.05, 3.63) is 64.1 Å². The van der Waals surface area contributed by atoms with Gasteiger partial charge in [0.25, 0.3) is 0 Å². The van der Waals surface area contributed by atoms with Crippen molar-refractivity contribution in [1.29, 1.82) is 0 Å². The van der Waals surface area contributed by atoms with Crippen LogP contribution in [0.2, 0.25) is 0 Å². The Bertz CT molecular complexity index is 926. The molecule has 154 valence electrons. The van der Waals surface area contributed by atoms with Crippen molar-refractivity contribution in [2.75, 3.05) is 13.7 Å². The van der Waals surface area contributed by atoms with Gasteiger partial charge in [0, 0.05) is 36.6 Å². The Balaban J connectivity index is 1.62. The Labute approximate surface area is 170 Å². The van der Waals surface area contributed by atoms with E-state index in [1.54, 1.807) is 12.3 Å².